The number of rotatable bonds is 1. The van der Waals surface area contributed by atoms with E-state index in [2.05, 4.69) is 13.8 Å². The summed E-state index contributed by atoms with van der Waals surface area (Å²) in [4.78, 5) is 22.6. The Morgan fingerprint density at radius 3 is 2.45 bits per heavy atom. The fourth-order valence-corrected chi connectivity index (χ4v) is 3.91. The molecule has 4 aliphatic rings. The van der Waals surface area contributed by atoms with E-state index in [0.29, 0.717) is 0 Å². The van der Waals surface area contributed by atoms with E-state index in [1.807, 2.05) is 19.1 Å². The number of fused-ring (bicyclic) bond motifs is 1. The molecule has 3 aliphatic heterocycles. The van der Waals surface area contributed by atoms with Gasteiger partial charge in [0.05, 0.1) is 0 Å². The molecular weight excluding hydrogens is 260 g/mol. The lowest BCUT2D eigenvalue weighted by Gasteiger charge is -2.65. The fraction of sp³-hybridized carbons (Fsp3) is 0.800. The average Bonchev–Trinajstić information content (AvgIpc) is 2.32. The molecule has 112 valence electrons. The minimum Gasteiger partial charge on any atom is -0.459 e. The molecule has 5 heteroatoms. The molecule has 2 fully saturated rings. The van der Waals surface area contributed by atoms with Crippen molar-refractivity contribution in [3.8, 4) is 0 Å². The van der Waals surface area contributed by atoms with Gasteiger partial charge in [0.15, 0.2) is 5.60 Å². The smallest absolute Gasteiger partial charge is 0.303 e. The highest BCUT2D eigenvalue weighted by Crippen LogP contribution is 2.60. The highest BCUT2D eigenvalue weighted by Gasteiger charge is 2.72. The van der Waals surface area contributed by atoms with Gasteiger partial charge in [0.1, 0.15) is 11.7 Å². The third-order valence-electron chi connectivity index (χ3n) is 5.07. The van der Waals surface area contributed by atoms with Crippen LogP contribution in [0.15, 0.2) is 12.2 Å². The number of hydrogen-bond donors (Lipinski definition) is 0. The molecule has 1 saturated heterocycles. The van der Waals surface area contributed by atoms with Crippen molar-refractivity contribution in [3.05, 3.63) is 12.2 Å². The third kappa shape index (κ3) is 1.57. The van der Waals surface area contributed by atoms with E-state index in [0.717, 1.165) is 12.8 Å². The standard InChI is InChI=1S/C15H22O5/c1-10(16)17-11-6-7-12(2,3)15-9-8-13(4,19-20-15)18-14(11,15)5/h8-9,11H,6-7H2,1-5H3/t11-,13+,14-,15+/m0/s1. The summed E-state index contributed by atoms with van der Waals surface area (Å²) in [7, 11) is 0. The molecule has 20 heavy (non-hydrogen) atoms. The summed E-state index contributed by atoms with van der Waals surface area (Å²) in [6, 6.07) is 0. The van der Waals surface area contributed by atoms with Gasteiger partial charge in [-0.15, -0.1) is 0 Å². The zero-order chi connectivity index (χ0) is 14.8. The van der Waals surface area contributed by atoms with Gasteiger partial charge in [0.2, 0.25) is 5.79 Å². The summed E-state index contributed by atoms with van der Waals surface area (Å²) in [6.07, 6.45) is 5.17. The van der Waals surface area contributed by atoms with Crippen LogP contribution in [0, 0.1) is 5.41 Å². The third-order valence-corrected chi connectivity index (χ3v) is 5.07. The number of hydrogen-bond acceptors (Lipinski definition) is 5. The quantitative estimate of drug-likeness (QED) is 0.420. The number of ether oxygens (including phenoxy) is 2. The van der Waals surface area contributed by atoms with E-state index in [9.17, 15) is 4.79 Å². The molecule has 1 saturated carbocycles. The molecule has 1 aliphatic carbocycles. The predicted molar refractivity (Wildman–Crippen MR) is 70.5 cm³/mol. The first-order chi connectivity index (χ1) is 9.14. The normalized spacial score (nSPS) is 48.8. The molecular formula is C15H22O5. The second-order valence-corrected chi connectivity index (χ2v) is 6.98. The van der Waals surface area contributed by atoms with Crippen LogP contribution in [0.1, 0.15) is 47.5 Å². The van der Waals surface area contributed by atoms with Crippen LogP contribution in [0.5, 0.6) is 0 Å². The summed E-state index contributed by atoms with van der Waals surface area (Å²) in [5.74, 6) is -1.23. The van der Waals surface area contributed by atoms with Gasteiger partial charge in [-0.3, -0.25) is 4.79 Å². The van der Waals surface area contributed by atoms with Gasteiger partial charge in [0, 0.05) is 12.3 Å². The SMILES string of the molecule is CC(=O)O[C@H]1CCC(C)(C)[C@@]23C=C[C@@](C)(OO2)O[C@@]13C. The molecule has 5 nitrogen and oxygen atoms in total. The minimum atomic E-state index is -0.928. The molecule has 0 unspecified atom stereocenters. The van der Waals surface area contributed by atoms with Crippen molar-refractivity contribution in [2.45, 2.75) is 70.6 Å². The maximum absolute atomic E-state index is 11.4. The molecule has 0 N–H and O–H groups in total. The average molecular weight is 282 g/mol. The number of carbonyl (C=O) groups excluding carboxylic acids is 1. The van der Waals surface area contributed by atoms with Crippen molar-refractivity contribution < 1.29 is 24.0 Å². The zero-order valence-electron chi connectivity index (χ0n) is 12.7. The Morgan fingerprint density at radius 2 is 1.90 bits per heavy atom. The second-order valence-electron chi connectivity index (χ2n) is 6.98. The van der Waals surface area contributed by atoms with Crippen molar-refractivity contribution in [2.75, 3.05) is 0 Å². The van der Waals surface area contributed by atoms with Crippen LogP contribution in [0.25, 0.3) is 0 Å². The topological polar surface area (TPSA) is 54.0 Å². The molecule has 3 heterocycles. The highest BCUT2D eigenvalue weighted by atomic mass is 17.3. The lowest BCUT2D eigenvalue weighted by atomic mass is 9.56. The van der Waals surface area contributed by atoms with Crippen molar-refractivity contribution in [1.82, 2.24) is 0 Å². The van der Waals surface area contributed by atoms with Crippen LogP contribution < -0.4 is 0 Å². The molecule has 0 aromatic heterocycles. The Hall–Kier alpha value is -0.910. The molecule has 2 bridgehead atoms. The Balaban J connectivity index is 2.10. The summed E-state index contributed by atoms with van der Waals surface area (Å²) in [5, 5.41) is 0. The molecule has 0 radical (unpaired) electrons. The Kier molecular flexibility index (Phi) is 2.70. The Labute approximate surface area is 119 Å². The molecule has 1 spiro atoms. The molecule has 0 aromatic carbocycles. The van der Waals surface area contributed by atoms with Gasteiger partial charge >= 0.3 is 5.97 Å². The molecule has 4 atom stereocenters. The number of carbonyl (C=O) groups is 1. The van der Waals surface area contributed by atoms with Gasteiger partial charge in [-0.2, -0.15) is 4.89 Å². The maximum Gasteiger partial charge on any atom is 0.303 e. The van der Waals surface area contributed by atoms with Crippen LogP contribution in [0.2, 0.25) is 0 Å². The number of esters is 1. The minimum absolute atomic E-state index is 0.184. The molecule has 0 aromatic rings. The lowest BCUT2D eigenvalue weighted by molar-refractivity contribution is -0.555. The van der Waals surface area contributed by atoms with Crippen LogP contribution >= 0.6 is 0 Å². The van der Waals surface area contributed by atoms with E-state index < -0.39 is 17.0 Å². The maximum atomic E-state index is 11.4. The fourth-order valence-electron chi connectivity index (χ4n) is 3.91. The van der Waals surface area contributed by atoms with Crippen molar-refractivity contribution in [1.29, 1.82) is 0 Å². The summed E-state index contributed by atoms with van der Waals surface area (Å²) in [6.45, 7) is 9.42. The first-order valence-electron chi connectivity index (χ1n) is 7.09. The van der Waals surface area contributed by atoms with E-state index in [-0.39, 0.29) is 17.5 Å². The largest absolute Gasteiger partial charge is 0.459 e. The Bertz CT molecular complexity index is 485. The van der Waals surface area contributed by atoms with E-state index >= 15 is 0 Å². The van der Waals surface area contributed by atoms with Crippen LogP contribution in [-0.2, 0) is 24.0 Å². The Morgan fingerprint density at radius 1 is 1.20 bits per heavy atom. The second kappa shape index (κ2) is 3.84. The van der Waals surface area contributed by atoms with Gasteiger partial charge in [-0.25, -0.2) is 4.89 Å². The summed E-state index contributed by atoms with van der Waals surface area (Å²) >= 11 is 0. The molecule has 4 rings (SSSR count). The highest BCUT2D eigenvalue weighted by molar-refractivity contribution is 5.66. The monoisotopic (exact) mass is 282 g/mol. The first kappa shape index (κ1) is 14.0. The van der Waals surface area contributed by atoms with Gasteiger partial charge in [0.25, 0.3) is 0 Å². The van der Waals surface area contributed by atoms with Crippen molar-refractivity contribution in [3.63, 3.8) is 0 Å². The van der Waals surface area contributed by atoms with Gasteiger partial charge in [-0.1, -0.05) is 13.8 Å². The van der Waals surface area contributed by atoms with Crippen molar-refractivity contribution in [2.24, 2.45) is 5.41 Å². The summed E-state index contributed by atoms with van der Waals surface area (Å²) in [5.41, 5.74) is -1.70. The van der Waals surface area contributed by atoms with Crippen LogP contribution in [0.3, 0.4) is 0 Å². The van der Waals surface area contributed by atoms with Crippen molar-refractivity contribution >= 4 is 5.97 Å². The van der Waals surface area contributed by atoms with Crippen LogP contribution in [0.4, 0.5) is 0 Å². The van der Waals surface area contributed by atoms with E-state index in [1.54, 1.807) is 6.92 Å². The van der Waals surface area contributed by atoms with Gasteiger partial charge < -0.3 is 9.47 Å². The summed E-state index contributed by atoms with van der Waals surface area (Å²) < 4.78 is 11.7. The van der Waals surface area contributed by atoms with E-state index in [4.69, 9.17) is 19.2 Å². The van der Waals surface area contributed by atoms with Gasteiger partial charge in [-0.05, 0) is 38.8 Å². The first-order valence-corrected chi connectivity index (χ1v) is 7.09. The van der Waals surface area contributed by atoms with Crippen LogP contribution in [-0.4, -0.2) is 29.1 Å². The molecule has 0 amide bonds. The predicted octanol–water partition coefficient (Wildman–Crippen LogP) is 2.50. The lowest BCUT2D eigenvalue weighted by Crippen LogP contribution is -2.77. The zero-order valence-corrected chi connectivity index (χ0v) is 12.7. The van der Waals surface area contributed by atoms with E-state index in [1.165, 1.54) is 6.92 Å².